The van der Waals surface area contributed by atoms with Crippen molar-refractivity contribution in [2.75, 3.05) is 23.9 Å². The summed E-state index contributed by atoms with van der Waals surface area (Å²) in [4.78, 5) is 45.3. The van der Waals surface area contributed by atoms with E-state index < -0.39 is 29.2 Å². The Kier molecular flexibility index (Phi) is 6.72. The minimum absolute atomic E-state index is 0.0448. The third-order valence-electron chi connectivity index (χ3n) is 6.10. The number of thioether (sulfide) groups is 2. The van der Waals surface area contributed by atoms with Gasteiger partial charge in [-0.05, 0) is 6.42 Å². The quantitative estimate of drug-likeness (QED) is 0.134. The number of carbonyl (C=O) groups is 3. The number of H-pyrrole nitrogens is 1. The second kappa shape index (κ2) is 9.97. The van der Waals surface area contributed by atoms with Crippen molar-refractivity contribution < 1.29 is 28.9 Å². The first-order chi connectivity index (χ1) is 17.8. The number of pyridine rings is 1. The summed E-state index contributed by atoms with van der Waals surface area (Å²) in [6.07, 6.45) is 4.87. The molecule has 3 aliphatic heterocycles. The van der Waals surface area contributed by atoms with E-state index in [9.17, 15) is 19.5 Å². The molecule has 2 aromatic heterocycles. The van der Waals surface area contributed by atoms with Crippen LogP contribution in [0.15, 0.2) is 45.8 Å². The molecule has 37 heavy (non-hydrogen) atoms. The Balaban J connectivity index is 1.33. The number of nitrogen functional groups attached to an aromatic ring is 1. The summed E-state index contributed by atoms with van der Waals surface area (Å²) in [6, 6.07) is 2.47. The van der Waals surface area contributed by atoms with Crippen LogP contribution in [-0.4, -0.2) is 73.4 Å². The lowest BCUT2D eigenvalue weighted by molar-refractivity contribution is -0.690. The van der Waals surface area contributed by atoms with Crippen LogP contribution in [0.3, 0.4) is 0 Å². The molecule has 3 aliphatic rings. The van der Waals surface area contributed by atoms with Gasteiger partial charge in [-0.1, -0.05) is 23.8 Å². The van der Waals surface area contributed by atoms with Crippen LogP contribution in [0.2, 0.25) is 0 Å². The van der Waals surface area contributed by atoms with Crippen LogP contribution < -0.4 is 20.9 Å². The van der Waals surface area contributed by atoms with Crippen molar-refractivity contribution >= 4 is 58.5 Å². The maximum absolute atomic E-state index is 13.1. The number of aromatic nitrogens is 3. The molecule has 2 aromatic rings. The minimum Gasteiger partial charge on any atom is -0.477 e. The minimum atomic E-state index is -1.18. The molecule has 2 amide bonds. The van der Waals surface area contributed by atoms with Gasteiger partial charge in [-0.25, -0.2) is 4.79 Å². The van der Waals surface area contributed by atoms with Gasteiger partial charge in [0.15, 0.2) is 24.7 Å². The van der Waals surface area contributed by atoms with E-state index in [0.717, 1.165) is 17.0 Å². The van der Waals surface area contributed by atoms with Gasteiger partial charge in [0.1, 0.15) is 30.0 Å². The third kappa shape index (κ3) is 4.59. The van der Waals surface area contributed by atoms with Gasteiger partial charge in [-0.3, -0.25) is 19.6 Å². The molecule has 0 radical (unpaired) electrons. The van der Waals surface area contributed by atoms with Crippen LogP contribution in [-0.2, 0) is 25.8 Å². The predicted octanol–water partition coefficient (Wildman–Crippen LogP) is 0.322. The fourth-order valence-electron chi connectivity index (χ4n) is 4.37. The van der Waals surface area contributed by atoms with E-state index in [1.165, 1.54) is 29.8 Å². The molecule has 2 unspecified atom stereocenters. The number of fused-ring (bicyclic) bond motifs is 2. The number of hydrogen-bond donors (Lipinski definition) is 5. The lowest BCUT2D eigenvalue weighted by atomic mass is 10.0. The number of aromatic amines is 1. The van der Waals surface area contributed by atoms with Gasteiger partial charge in [0.05, 0.1) is 21.7 Å². The highest BCUT2D eigenvalue weighted by Gasteiger charge is 2.54. The second-order valence-corrected chi connectivity index (χ2v) is 10.9. The van der Waals surface area contributed by atoms with Gasteiger partial charge in [0, 0.05) is 23.5 Å². The standard InChI is InChI=1S/C22H24N8O5S2/c1-3-15-24-11-4-5-29(8-13(11)37-15)7-10-9-36-21-17(20(32)30(21)18(10)22(33)34)25-19(31)16(28-35-2)12-6-14(23)27-26-12/h4-6,8,15,17,21H,3,7,9H2,1-2H3,(H5,23,25,26,27,28,31,33,34)/p+1/t15?,17?,21-/m1/s1. The second-order valence-electron chi connectivity index (χ2n) is 8.50. The van der Waals surface area contributed by atoms with E-state index in [0.29, 0.717) is 23.2 Å². The van der Waals surface area contributed by atoms with Gasteiger partial charge in [-0.2, -0.15) is 9.67 Å². The summed E-state index contributed by atoms with van der Waals surface area (Å²) in [5.74, 6) is -1.82. The molecular formula is C22H25N8O5S2+. The zero-order valence-corrected chi connectivity index (χ0v) is 21.6. The number of nitrogens with zero attached hydrogens (tertiary/aromatic N) is 4. The molecule has 1 saturated heterocycles. The van der Waals surface area contributed by atoms with Crippen molar-refractivity contribution in [3.8, 4) is 0 Å². The van der Waals surface area contributed by atoms with E-state index >= 15 is 0 Å². The van der Waals surface area contributed by atoms with Gasteiger partial charge in [-0.15, -0.1) is 11.8 Å². The van der Waals surface area contributed by atoms with E-state index in [-0.39, 0.29) is 22.9 Å². The Morgan fingerprint density at radius 2 is 2.27 bits per heavy atom. The highest BCUT2D eigenvalue weighted by molar-refractivity contribution is 8.00. The van der Waals surface area contributed by atoms with Gasteiger partial charge in [0.2, 0.25) is 0 Å². The van der Waals surface area contributed by atoms with Gasteiger partial charge in [0.25, 0.3) is 11.8 Å². The monoisotopic (exact) mass is 545 g/mol. The summed E-state index contributed by atoms with van der Waals surface area (Å²) in [5.41, 5.74) is 7.32. The van der Waals surface area contributed by atoms with E-state index in [1.807, 2.05) is 23.0 Å². The number of rotatable bonds is 8. The number of carbonyl (C=O) groups excluding carboxylic acids is 2. The number of β-lactam (4-membered cyclic amide) rings is 1. The lowest BCUT2D eigenvalue weighted by Gasteiger charge is -2.49. The Labute approximate surface area is 219 Å². The molecule has 0 aliphatic carbocycles. The SMILES string of the molecule is CCC1Nc2cc[n+](CC3=C(C(=O)O)N4C(=O)C(NC(=O)C(=NOC)c5cc(N)n[nH]5)[C@H]4SC3)cc2S1. The highest BCUT2D eigenvalue weighted by Crippen LogP contribution is 2.41. The fourth-order valence-corrected chi connectivity index (χ4v) is 6.81. The van der Waals surface area contributed by atoms with Crippen LogP contribution in [0, 0.1) is 0 Å². The molecule has 0 aromatic carbocycles. The zero-order valence-electron chi connectivity index (χ0n) is 19.9. The number of carboxylic acid groups (broad SMARTS) is 1. The molecule has 194 valence electrons. The normalized spacial score (nSPS) is 22.6. The Morgan fingerprint density at radius 3 is 2.95 bits per heavy atom. The van der Waals surface area contributed by atoms with Crippen LogP contribution >= 0.6 is 23.5 Å². The topological polar surface area (TPSA) is 179 Å². The highest BCUT2D eigenvalue weighted by atomic mass is 32.2. The molecule has 13 nitrogen and oxygen atoms in total. The van der Waals surface area contributed by atoms with Crippen LogP contribution in [0.5, 0.6) is 0 Å². The van der Waals surface area contributed by atoms with Gasteiger partial charge < -0.3 is 26.3 Å². The molecule has 0 bridgehead atoms. The number of nitrogens with two attached hydrogens (primary N) is 1. The number of carboxylic acids is 1. The molecule has 6 N–H and O–H groups in total. The number of anilines is 2. The van der Waals surface area contributed by atoms with Crippen molar-refractivity contribution in [3.63, 3.8) is 0 Å². The Bertz CT molecular complexity index is 1340. The van der Waals surface area contributed by atoms with E-state index in [4.69, 9.17) is 10.6 Å². The smallest absolute Gasteiger partial charge is 0.352 e. The van der Waals surface area contributed by atoms with Crippen molar-refractivity contribution in [2.24, 2.45) is 5.16 Å². The van der Waals surface area contributed by atoms with Crippen molar-refractivity contribution in [1.82, 2.24) is 20.4 Å². The number of hydrogen-bond acceptors (Lipinski definition) is 10. The molecule has 5 rings (SSSR count). The summed E-state index contributed by atoms with van der Waals surface area (Å²) >= 11 is 3.13. The fraction of sp³-hybridized carbons (Fsp3) is 0.364. The van der Waals surface area contributed by atoms with Crippen LogP contribution in [0.4, 0.5) is 11.5 Å². The van der Waals surface area contributed by atoms with Crippen LogP contribution in [0.1, 0.15) is 19.0 Å². The summed E-state index contributed by atoms with van der Waals surface area (Å²) in [5, 5.41) is 25.9. The van der Waals surface area contributed by atoms with Crippen molar-refractivity contribution in [2.45, 2.75) is 41.6 Å². The van der Waals surface area contributed by atoms with E-state index in [1.54, 1.807) is 11.8 Å². The average Bonchev–Trinajstić information content (AvgIpc) is 3.50. The maximum atomic E-state index is 13.1. The first kappa shape index (κ1) is 25.0. The van der Waals surface area contributed by atoms with Crippen LogP contribution in [0.25, 0.3) is 0 Å². The molecule has 0 spiro atoms. The number of oxime groups is 1. The van der Waals surface area contributed by atoms with Crippen molar-refractivity contribution in [3.05, 3.63) is 41.5 Å². The van der Waals surface area contributed by atoms with E-state index in [2.05, 4.69) is 32.9 Å². The summed E-state index contributed by atoms with van der Waals surface area (Å²) < 4.78 is 1.93. The van der Waals surface area contributed by atoms with Gasteiger partial charge >= 0.3 is 5.97 Å². The average molecular weight is 546 g/mol. The first-order valence-corrected chi connectivity index (χ1v) is 13.3. The molecule has 0 saturated carbocycles. The first-order valence-electron chi connectivity index (χ1n) is 11.4. The molecule has 3 atom stereocenters. The number of aliphatic carboxylic acids is 1. The zero-order chi connectivity index (χ0) is 26.3. The Morgan fingerprint density at radius 1 is 1.46 bits per heavy atom. The number of nitrogens with one attached hydrogen (secondary N) is 3. The molecule has 5 heterocycles. The largest absolute Gasteiger partial charge is 0.477 e. The molecule has 1 fully saturated rings. The number of amides is 2. The Hall–Kier alpha value is -3.72. The molecular weight excluding hydrogens is 520 g/mol. The summed E-state index contributed by atoms with van der Waals surface area (Å²) in [7, 11) is 1.28. The lowest BCUT2D eigenvalue weighted by Crippen LogP contribution is -2.71. The van der Waals surface area contributed by atoms with Crippen molar-refractivity contribution in [1.29, 1.82) is 0 Å². The molecule has 15 heteroatoms. The maximum Gasteiger partial charge on any atom is 0.352 e. The summed E-state index contributed by atoms with van der Waals surface area (Å²) in [6.45, 7) is 2.45. The predicted molar refractivity (Wildman–Crippen MR) is 136 cm³/mol. The third-order valence-corrected chi connectivity index (χ3v) is 8.75.